The Labute approximate surface area is 146 Å². The molecule has 3 aromatic heterocycles. The quantitative estimate of drug-likeness (QED) is 0.451. The third kappa shape index (κ3) is 2.78. The molecule has 0 aliphatic heterocycles. The van der Waals surface area contributed by atoms with E-state index in [1.165, 1.54) is 0 Å². The number of hydrogen-bond acceptors (Lipinski definition) is 4. The minimum atomic E-state index is 0.264. The van der Waals surface area contributed by atoms with Gasteiger partial charge in [-0.1, -0.05) is 38.1 Å². The van der Waals surface area contributed by atoms with Crippen LogP contribution in [0.15, 0.2) is 65.1 Å². The molecular weight excluding hydrogens is 310 g/mol. The van der Waals surface area contributed by atoms with E-state index in [4.69, 9.17) is 4.98 Å². The Hall–Kier alpha value is -3.08. The molecule has 0 amide bonds. The van der Waals surface area contributed by atoms with Gasteiger partial charge in [-0.2, -0.15) is 0 Å². The Kier molecular flexibility index (Phi) is 3.76. The van der Waals surface area contributed by atoms with Gasteiger partial charge < -0.3 is 0 Å². The van der Waals surface area contributed by atoms with Crippen LogP contribution in [-0.2, 0) is 0 Å². The fraction of sp³-hybridized carbons (Fsp3) is 0.200. The highest BCUT2D eigenvalue weighted by molar-refractivity contribution is 5.88. The van der Waals surface area contributed by atoms with Gasteiger partial charge in [-0.25, -0.2) is 4.98 Å². The number of hydrogen-bond donors (Lipinski definition) is 0. The van der Waals surface area contributed by atoms with Crippen molar-refractivity contribution in [3.63, 3.8) is 0 Å². The average Bonchev–Trinajstić information content (AvgIpc) is 2.98. The van der Waals surface area contributed by atoms with E-state index in [-0.39, 0.29) is 5.92 Å². The molecule has 1 aromatic carbocycles. The summed E-state index contributed by atoms with van der Waals surface area (Å²) in [4.78, 5) is 9.16. The van der Waals surface area contributed by atoms with Gasteiger partial charge >= 0.3 is 0 Å². The maximum atomic E-state index is 4.72. The first-order valence-corrected chi connectivity index (χ1v) is 8.37. The fourth-order valence-corrected chi connectivity index (χ4v) is 2.91. The van der Waals surface area contributed by atoms with Crippen molar-refractivity contribution in [2.75, 3.05) is 0 Å². The molecule has 0 radical (unpaired) electrons. The summed E-state index contributed by atoms with van der Waals surface area (Å²) in [5.74, 6) is 1.04. The molecule has 0 bridgehead atoms. The number of para-hydroxylation sites is 1. The van der Waals surface area contributed by atoms with Gasteiger partial charge in [0, 0.05) is 17.8 Å². The smallest absolute Gasteiger partial charge is 0.183 e. The van der Waals surface area contributed by atoms with Gasteiger partial charge in [0.2, 0.25) is 0 Å². The van der Waals surface area contributed by atoms with E-state index < -0.39 is 0 Å². The Morgan fingerprint density at radius 3 is 2.68 bits per heavy atom. The summed E-state index contributed by atoms with van der Waals surface area (Å²) in [7, 11) is 0. The summed E-state index contributed by atoms with van der Waals surface area (Å²) in [6, 6.07) is 14.0. The molecule has 4 aromatic rings. The van der Waals surface area contributed by atoms with Crippen molar-refractivity contribution in [2.24, 2.45) is 10.2 Å². The first kappa shape index (κ1) is 15.4. The number of nitrogens with zero attached hydrogens (tertiary/aromatic N) is 5. The van der Waals surface area contributed by atoms with E-state index in [1.54, 1.807) is 6.20 Å². The summed E-state index contributed by atoms with van der Waals surface area (Å²) in [5, 5.41) is 10.1. The number of aryl methyl sites for hydroxylation is 1. The number of azo groups is 1. The molecule has 0 aliphatic rings. The maximum absolute atomic E-state index is 4.72. The molecular formula is C20H19N5. The largest absolute Gasteiger partial charge is 0.283 e. The molecule has 5 heteroatoms. The standard InChI is InChI=1S/C20H19N5/c1-13(2)18-20(25-12-14(3)9-10-17(25)22-18)24-23-16-8-4-6-15-7-5-11-21-19(15)16/h4-13H,1-3H3. The minimum Gasteiger partial charge on any atom is -0.283 e. The van der Waals surface area contributed by atoms with Crippen LogP contribution >= 0.6 is 0 Å². The number of pyridine rings is 2. The highest BCUT2D eigenvalue weighted by Gasteiger charge is 2.15. The summed E-state index contributed by atoms with van der Waals surface area (Å²) >= 11 is 0. The maximum Gasteiger partial charge on any atom is 0.183 e. The zero-order chi connectivity index (χ0) is 17.4. The summed E-state index contributed by atoms with van der Waals surface area (Å²) in [6.07, 6.45) is 3.82. The molecule has 0 aliphatic carbocycles. The van der Waals surface area contributed by atoms with Crippen molar-refractivity contribution in [1.82, 2.24) is 14.4 Å². The second-order valence-corrected chi connectivity index (χ2v) is 6.46. The average molecular weight is 329 g/mol. The minimum absolute atomic E-state index is 0.264. The van der Waals surface area contributed by atoms with Crippen molar-refractivity contribution in [1.29, 1.82) is 0 Å². The Morgan fingerprint density at radius 2 is 1.84 bits per heavy atom. The Balaban J connectivity index is 1.88. The van der Waals surface area contributed by atoms with Crippen LogP contribution in [0.2, 0.25) is 0 Å². The highest BCUT2D eigenvalue weighted by Crippen LogP contribution is 2.31. The van der Waals surface area contributed by atoms with Crippen LogP contribution in [0.4, 0.5) is 11.5 Å². The van der Waals surface area contributed by atoms with Gasteiger partial charge in [-0.15, -0.1) is 10.2 Å². The summed E-state index contributed by atoms with van der Waals surface area (Å²) < 4.78 is 2.01. The molecule has 0 saturated heterocycles. The third-order valence-electron chi connectivity index (χ3n) is 4.18. The molecule has 0 atom stereocenters. The first-order chi connectivity index (χ1) is 12.1. The molecule has 124 valence electrons. The number of rotatable bonds is 3. The summed E-state index contributed by atoms with van der Waals surface area (Å²) in [5.41, 5.74) is 4.60. The van der Waals surface area contributed by atoms with Gasteiger partial charge in [0.25, 0.3) is 0 Å². The Bertz CT molecular complexity index is 1090. The van der Waals surface area contributed by atoms with Crippen LogP contribution in [-0.4, -0.2) is 14.4 Å². The number of fused-ring (bicyclic) bond motifs is 2. The second-order valence-electron chi connectivity index (χ2n) is 6.46. The van der Waals surface area contributed by atoms with Crippen molar-refractivity contribution in [3.8, 4) is 0 Å². The Morgan fingerprint density at radius 1 is 1.00 bits per heavy atom. The van der Waals surface area contributed by atoms with Gasteiger partial charge in [0.1, 0.15) is 11.3 Å². The van der Waals surface area contributed by atoms with Gasteiger partial charge in [-0.3, -0.25) is 9.38 Å². The van der Waals surface area contributed by atoms with Crippen molar-refractivity contribution in [3.05, 3.63) is 66.1 Å². The van der Waals surface area contributed by atoms with E-state index in [0.29, 0.717) is 0 Å². The van der Waals surface area contributed by atoms with Gasteiger partial charge in [0.05, 0.1) is 11.2 Å². The monoisotopic (exact) mass is 329 g/mol. The van der Waals surface area contributed by atoms with Crippen molar-refractivity contribution >= 4 is 28.1 Å². The second kappa shape index (κ2) is 6.09. The van der Waals surface area contributed by atoms with Crippen LogP contribution in [0.25, 0.3) is 16.6 Å². The van der Waals surface area contributed by atoms with Crippen molar-refractivity contribution in [2.45, 2.75) is 26.7 Å². The number of aromatic nitrogens is 3. The fourth-order valence-electron chi connectivity index (χ4n) is 2.91. The lowest BCUT2D eigenvalue weighted by atomic mass is 10.1. The SMILES string of the molecule is Cc1ccc2nc(C(C)C)c(N=Nc3cccc4cccnc34)n2c1. The van der Waals surface area contributed by atoms with E-state index in [0.717, 1.165) is 39.3 Å². The molecule has 0 N–H and O–H groups in total. The topological polar surface area (TPSA) is 54.9 Å². The molecule has 3 heterocycles. The van der Waals surface area contributed by atoms with E-state index >= 15 is 0 Å². The molecule has 4 rings (SSSR count). The van der Waals surface area contributed by atoms with E-state index in [2.05, 4.69) is 42.1 Å². The summed E-state index contributed by atoms with van der Waals surface area (Å²) in [6.45, 7) is 6.30. The lowest BCUT2D eigenvalue weighted by molar-refractivity contribution is 0.831. The van der Waals surface area contributed by atoms with Crippen LogP contribution in [0.3, 0.4) is 0 Å². The van der Waals surface area contributed by atoms with E-state index in [1.807, 2.05) is 47.0 Å². The molecule has 0 fully saturated rings. The normalized spacial score (nSPS) is 12.0. The van der Waals surface area contributed by atoms with Crippen LogP contribution in [0, 0.1) is 6.92 Å². The number of benzene rings is 1. The van der Waals surface area contributed by atoms with Crippen LogP contribution in [0.1, 0.15) is 31.0 Å². The molecule has 25 heavy (non-hydrogen) atoms. The predicted molar refractivity (Wildman–Crippen MR) is 99.9 cm³/mol. The molecule has 0 spiro atoms. The lowest BCUT2D eigenvalue weighted by Gasteiger charge is -2.03. The highest BCUT2D eigenvalue weighted by atomic mass is 15.2. The molecule has 0 saturated carbocycles. The van der Waals surface area contributed by atoms with Crippen LogP contribution < -0.4 is 0 Å². The zero-order valence-corrected chi connectivity index (χ0v) is 14.5. The van der Waals surface area contributed by atoms with Gasteiger partial charge in [0.15, 0.2) is 5.82 Å². The predicted octanol–water partition coefficient (Wildman–Crippen LogP) is 5.73. The zero-order valence-electron chi connectivity index (χ0n) is 14.5. The number of imidazole rings is 1. The lowest BCUT2D eigenvalue weighted by Crippen LogP contribution is -1.88. The van der Waals surface area contributed by atoms with Gasteiger partial charge in [-0.05, 0) is 36.6 Å². The van der Waals surface area contributed by atoms with Crippen molar-refractivity contribution < 1.29 is 0 Å². The third-order valence-corrected chi connectivity index (χ3v) is 4.18. The van der Waals surface area contributed by atoms with Crippen LogP contribution in [0.5, 0.6) is 0 Å². The first-order valence-electron chi connectivity index (χ1n) is 8.37. The molecule has 5 nitrogen and oxygen atoms in total. The molecule has 0 unspecified atom stereocenters. The van der Waals surface area contributed by atoms with E-state index in [9.17, 15) is 0 Å².